The third-order valence-corrected chi connectivity index (χ3v) is 3.59. The number of carbonyl (C=O) groups excluding carboxylic acids is 1. The first-order chi connectivity index (χ1) is 15.6. The quantitative estimate of drug-likeness (QED) is 0.0616. The van der Waals surface area contributed by atoms with Crippen LogP contribution in [-0.2, 0) is 19.2 Å². The van der Waals surface area contributed by atoms with Crippen molar-refractivity contribution in [1.29, 1.82) is 0 Å². The minimum Gasteiger partial charge on any atom is -0.480 e. The summed E-state index contributed by atoms with van der Waals surface area (Å²) in [6.07, 6.45) is 2.03. The maximum Gasteiger partial charge on any atom is 0.320 e. The lowest BCUT2D eigenvalue weighted by atomic mass is 10.2. The van der Waals surface area contributed by atoms with E-state index in [9.17, 15) is 19.2 Å². The first kappa shape index (κ1) is 34.9. The molecule has 17 heteroatoms. The molecule has 0 saturated heterocycles. The van der Waals surface area contributed by atoms with Gasteiger partial charge in [-0.3, -0.25) is 29.2 Å². The number of nitrogens with two attached hydrogens (primary N) is 8. The number of hydrogen-bond acceptors (Lipinski definition) is 9. The fourth-order valence-electron chi connectivity index (χ4n) is 1.71. The highest BCUT2D eigenvalue weighted by Gasteiger charge is 2.11. The van der Waals surface area contributed by atoms with Crippen LogP contribution in [0.4, 0.5) is 0 Å². The van der Waals surface area contributed by atoms with E-state index in [1.807, 2.05) is 0 Å². The van der Waals surface area contributed by atoms with E-state index in [2.05, 4.69) is 9.98 Å². The highest BCUT2D eigenvalue weighted by molar-refractivity contribution is 5.77. The molecule has 0 bridgehead atoms. The summed E-state index contributed by atoms with van der Waals surface area (Å²) in [6, 6.07) is -2.62. The van der Waals surface area contributed by atoms with Crippen LogP contribution in [0.5, 0.6) is 0 Å². The molecule has 0 rings (SSSR count). The van der Waals surface area contributed by atoms with E-state index in [1.54, 1.807) is 0 Å². The molecule has 0 aromatic carbocycles. The Morgan fingerprint density at radius 3 is 1.12 bits per heavy atom. The number of aliphatic imine (C=N–C) groups is 2. The third kappa shape index (κ3) is 28.3. The molecule has 0 saturated carbocycles. The molecule has 0 aliphatic carbocycles. The molecule has 34 heavy (non-hydrogen) atoms. The second kappa shape index (κ2) is 21.2. The highest BCUT2D eigenvalue weighted by Crippen LogP contribution is 1.95. The van der Waals surface area contributed by atoms with E-state index in [0.717, 1.165) is 0 Å². The van der Waals surface area contributed by atoms with Crippen molar-refractivity contribution < 1.29 is 34.5 Å². The van der Waals surface area contributed by atoms with E-state index in [-0.39, 0.29) is 24.8 Å². The summed E-state index contributed by atoms with van der Waals surface area (Å²) in [5, 5.41) is 25.0. The van der Waals surface area contributed by atoms with Crippen molar-refractivity contribution in [3.05, 3.63) is 0 Å². The molecule has 0 fully saturated rings. The molecule has 17 nitrogen and oxygen atoms in total. The van der Waals surface area contributed by atoms with Gasteiger partial charge in [0, 0.05) is 19.5 Å². The number of guanidine groups is 2. The normalized spacial score (nSPS) is 12.2. The van der Waals surface area contributed by atoms with Gasteiger partial charge in [0.15, 0.2) is 11.9 Å². The number of carboxylic acids is 3. The molecule has 198 valence electrons. The predicted molar refractivity (Wildman–Crippen MR) is 125 cm³/mol. The Morgan fingerprint density at radius 1 is 0.588 bits per heavy atom. The molecule has 0 aromatic rings. The number of carboxylic acid groups (broad SMARTS) is 3. The Kier molecular flexibility index (Phi) is 21.7. The van der Waals surface area contributed by atoms with Crippen LogP contribution in [0, 0.1) is 0 Å². The van der Waals surface area contributed by atoms with Gasteiger partial charge in [0.2, 0.25) is 5.91 Å². The Labute approximate surface area is 196 Å². The largest absolute Gasteiger partial charge is 0.480 e. The van der Waals surface area contributed by atoms with Crippen molar-refractivity contribution in [2.45, 2.75) is 56.7 Å². The SMILES string of the molecule is NC(=O)CC[C@H](N)C(=O)O.NC(N)=NCCC[C@H](N)C(=O)O.NC(N)=NCCC[C@H](N)C(=O)O. The Balaban J connectivity index is -0.000000426. The zero-order chi connectivity index (χ0) is 27.3. The molecular weight excluding hydrogens is 456 g/mol. The number of hydrogen-bond donors (Lipinski definition) is 11. The van der Waals surface area contributed by atoms with E-state index in [0.29, 0.717) is 38.8 Å². The molecule has 0 aliphatic heterocycles. The number of nitrogens with zero attached hydrogens (tertiary/aromatic N) is 2. The maximum absolute atomic E-state index is 10.2. The molecule has 0 radical (unpaired) electrons. The van der Waals surface area contributed by atoms with Gasteiger partial charge in [-0.1, -0.05) is 0 Å². The van der Waals surface area contributed by atoms with Gasteiger partial charge in [0.1, 0.15) is 18.1 Å². The van der Waals surface area contributed by atoms with Gasteiger partial charge in [-0.15, -0.1) is 0 Å². The standard InChI is InChI=1S/2C6H14N4O2.C5H10N2O3/c2*7-4(5(11)12)2-1-3-10-6(8)9;6-3(5(9)10)1-2-4(7)8/h2*4H,1-3,7H2,(H,11,12)(H4,8,9,10);3H,1-2,6H2,(H2,7,8)(H,9,10)/t2*4-;3-/m000/s1. The van der Waals surface area contributed by atoms with Gasteiger partial charge in [0.05, 0.1) is 0 Å². The Bertz CT molecular complexity index is 640. The number of rotatable bonds is 14. The van der Waals surface area contributed by atoms with E-state index in [1.165, 1.54) is 0 Å². The topological polar surface area (TPSA) is 362 Å². The van der Waals surface area contributed by atoms with Crippen molar-refractivity contribution in [1.82, 2.24) is 0 Å². The zero-order valence-corrected chi connectivity index (χ0v) is 18.9. The molecule has 0 aliphatic rings. The summed E-state index contributed by atoms with van der Waals surface area (Å²) < 4.78 is 0. The molecule has 3 atom stereocenters. The van der Waals surface area contributed by atoms with Crippen LogP contribution in [0.1, 0.15) is 38.5 Å². The van der Waals surface area contributed by atoms with Gasteiger partial charge in [-0.05, 0) is 32.1 Å². The first-order valence-electron chi connectivity index (χ1n) is 9.95. The van der Waals surface area contributed by atoms with Crippen LogP contribution in [0.25, 0.3) is 0 Å². The first-order valence-corrected chi connectivity index (χ1v) is 9.95. The summed E-state index contributed by atoms with van der Waals surface area (Å²) in [7, 11) is 0. The zero-order valence-electron chi connectivity index (χ0n) is 18.9. The van der Waals surface area contributed by atoms with Crippen LogP contribution in [0.3, 0.4) is 0 Å². The molecule has 1 amide bonds. The predicted octanol–water partition coefficient (Wildman–Crippen LogP) is -4.43. The van der Waals surface area contributed by atoms with Gasteiger partial charge >= 0.3 is 17.9 Å². The third-order valence-electron chi connectivity index (χ3n) is 3.59. The number of aliphatic carboxylic acids is 3. The van der Waals surface area contributed by atoms with Crippen molar-refractivity contribution in [3.8, 4) is 0 Å². The fourth-order valence-corrected chi connectivity index (χ4v) is 1.71. The average Bonchev–Trinajstić information content (AvgIpc) is 2.72. The number of amides is 1. The summed E-state index contributed by atoms with van der Waals surface area (Å²) in [5.41, 5.74) is 40.5. The Hall–Kier alpha value is -3.70. The minimum atomic E-state index is -1.11. The molecule has 0 aromatic heterocycles. The molecular formula is C17H38N10O7. The van der Waals surface area contributed by atoms with Crippen LogP contribution in [0.2, 0.25) is 0 Å². The van der Waals surface area contributed by atoms with Crippen LogP contribution >= 0.6 is 0 Å². The number of carbonyl (C=O) groups is 4. The summed E-state index contributed by atoms with van der Waals surface area (Å²) in [6.45, 7) is 0.840. The van der Waals surface area contributed by atoms with E-state index >= 15 is 0 Å². The lowest BCUT2D eigenvalue weighted by molar-refractivity contribution is -0.139. The molecule has 0 unspecified atom stereocenters. The van der Waals surface area contributed by atoms with Crippen LogP contribution in [-0.4, -0.2) is 82.3 Å². The minimum absolute atomic E-state index is 0.0129. The lowest BCUT2D eigenvalue weighted by Crippen LogP contribution is -2.31. The van der Waals surface area contributed by atoms with Crippen molar-refractivity contribution in [3.63, 3.8) is 0 Å². The second-order valence-corrected chi connectivity index (χ2v) is 6.74. The maximum atomic E-state index is 10.2. The van der Waals surface area contributed by atoms with Gasteiger partial charge in [0.25, 0.3) is 0 Å². The summed E-state index contributed by atoms with van der Waals surface area (Å²) >= 11 is 0. The summed E-state index contributed by atoms with van der Waals surface area (Å²) in [5.74, 6) is -3.62. The smallest absolute Gasteiger partial charge is 0.320 e. The van der Waals surface area contributed by atoms with Crippen molar-refractivity contribution in [2.24, 2.45) is 55.9 Å². The highest BCUT2D eigenvalue weighted by atomic mass is 16.4. The van der Waals surface area contributed by atoms with Gasteiger partial charge in [-0.2, -0.15) is 0 Å². The monoisotopic (exact) mass is 494 g/mol. The van der Waals surface area contributed by atoms with E-state index < -0.39 is 41.9 Å². The van der Waals surface area contributed by atoms with Crippen molar-refractivity contribution in [2.75, 3.05) is 13.1 Å². The van der Waals surface area contributed by atoms with E-state index in [4.69, 9.17) is 61.2 Å². The van der Waals surface area contributed by atoms with Crippen LogP contribution < -0.4 is 45.9 Å². The molecule has 0 heterocycles. The molecule has 0 spiro atoms. The summed E-state index contributed by atoms with van der Waals surface area (Å²) in [4.78, 5) is 47.9. The Morgan fingerprint density at radius 2 is 0.882 bits per heavy atom. The fraction of sp³-hybridized carbons (Fsp3) is 0.647. The van der Waals surface area contributed by atoms with Crippen molar-refractivity contribution >= 4 is 35.7 Å². The van der Waals surface area contributed by atoms with Gasteiger partial charge < -0.3 is 61.2 Å². The van der Waals surface area contributed by atoms with Gasteiger partial charge in [-0.25, -0.2) is 0 Å². The molecule has 19 N–H and O–H groups in total. The van der Waals surface area contributed by atoms with Crippen LogP contribution in [0.15, 0.2) is 9.98 Å². The second-order valence-electron chi connectivity index (χ2n) is 6.74. The average molecular weight is 495 g/mol. The number of primary amides is 1. The lowest BCUT2D eigenvalue weighted by Gasteiger charge is -2.03.